The Morgan fingerprint density at radius 2 is 2.06 bits per heavy atom. The Hall–Kier alpha value is -2.31. The van der Waals surface area contributed by atoms with Crippen LogP contribution in [0.15, 0.2) is 50.8 Å². The molecule has 0 radical (unpaired) electrons. The molecule has 0 atom stereocenters. The van der Waals surface area contributed by atoms with Crippen LogP contribution in [0, 0.1) is 3.57 Å². The van der Waals surface area contributed by atoms with E-state index in [0.29, 0.717) is 55.2 Å². The fourth-order valence-corrected chi connectivity index (χ4v) is 4.75. The molecule has 3 aromatic rings. The van der Waals surface area contributed by atoms with Gasteiger partial charge in [-0.05, 0) is 71.0 Å². The minimum absolute atomic E-state index is 0.0159. The van der Waals surface area contributed by atoms with E-state index in [1.165, 1.54) is 4.68 Å². The Balaban J connectivity index is 1.53. The number of hydrogen-bond donors (Lipinski definition) is 0. The number of aromatic nitrogens is 2. The summed E-state index contributed by atoms with van der Waals surface area (Å²) in [6, 6.07) is 11.1. The lowest BCUT2D eigenvalue weighted by atomic mass is 10.2. The van der Waals surface area contributed by atoms with Gasteiger partial charge in [-0.3, -0.25) is 9.59 Å². The van der Waals surface area contributed by atoms with E-state index in [0.717, 1.165) is 26.4 Å². The van der Waals surface area contributed by atoms with Gasteiger partial charge in [-0.25, -0.2) is 4.98 Å². The molecule has 0 saturated carbocycles. The predicted molar refractivity (Wildman–Crippen MR) is 147 cm³/mol. The molecule has 1 saturated heterocycles. The molecule has 184 valence electrons. The van der Waals surface area contributed by atoms with Gasteiger partial charge in [-0.1, -0.05) is 29.3 Å². The van der Waals surface area contributed by atoms with Crippen molar-refractivity contribution in [3.8, 4) is 5.75 Å². The fourth-order valence-electron chi connectivity index (χ4n) is 3.69. The van der Waals surface area contributed by atoms with Gasteiger partial charge in [0.05, 0.1) is 33.9 Å². The van der Waals surface area contributed by atoms with Crippen molar-refractivity contribution in [2.24, 2.45) is 5.10 Å². The second-order valence-electron chi connectivity index (χ2n) is 8.13. The Labute approximate surface area is 225 Å². The third-order valence-electron chi connectivity index (χ3n) is 5.62. The zero-order chi connectivity index (χ0) is 24.8. The number of halogens is 2. The summed E-state index contributed by atoms with van der Waals surface area (Å²) in [6.45, 7) is 4.39. The van der Waals surface area contributed by atoms with E-state index in [1.54, 1.807) is 17.2 Å². The summed E-state index contributed by atoms with van der Waals surface area (Å²) in [5.41, 5.74) is 1.28. The predicted octanol–water partition coefficient (Wildman–Crippen LogP) is 4.23. The van der Waals surface area contributed by atoms with E-state index in [-0.39, 0.29) is 18.1 Å². The summed E-state index contributed by atoms with van der Waals surface area (Å²) in [5, 5.41) is 5.01. The van der Waals surface area contributed by atoms with Crippen LogP contribution in [-0.4, -0.2) is 59.6 Å². The average molecular weight is 653 g/mol. The summed E-state index contributed by atoms with van der Waals surface area (Å²) >= 11 is 5.60. The molecule has 4 rings (SSSR count). The number of unbranched alkanes of at least 4 members (excludes halogenated alkanes) is 1. The zero-order valence-electron chi connectivity index (χ0n) is 19.4. The minimum atomic E-state index is -0.199. The SMILES string of the molecule is CCCCc1nc2ccc(Br)cc2c(=O)n1N=Cc1ccc(OCC(=O)N2CCOCC2)c(I)c1. The van der Waals surface area contributed by atoms with Crippen LogP contribution in [0.5, 0.6) is 5.75 Å². The first-order valence-corrected chi connectivity index (χ1v) is 13.4. The Bertz CT molecular complexity index is 1300. The molecule has 2 heterocycles. The van der Waals surface area contributed by atoms with E-state index in [9.17, 15) is 9.59 Å². The van der Waals surface area contributed by atoms with Crippen molar-refractivity contribution < 1.29 is 14.3 Å². The number of rotatable bonds is 8. The number of amides is 1. The van der Waals surface area contributed by atoms with E-state index in [4.69, 9.17) is 14.5 Å². The summed E-state index contributed by atoms with van der Waals surface area (Å²) in [6.07, 6.45) is 4.21. The molecule has 10 heteroatoms. The third-order valence-corrected chi connectivity index (χ3v) is 6.96. The third kappa shape index (κ3) is 6.47. The van der Waals surface area contributed by atoms with Gasteiger partial charge in [0.25, 0.3) is 11.5 Å². The molecule has 1 amide bonds. The van der Waals surface area contributed by atoms with Gasteiger partial charge in [-0.15, -0.1) is 0 Å². The molecule has 1 aromatic heterocycles. The van der Waals surface area contributed by atoms with Gasteiger partial charge >= 0.3 is 0 Å². The first-order chi connectivity index (χ1) is 17.0. The van der Waals surface area contributed by atoms with Crippen molar-refractivity contribution in [3.63, 3.8) is 0 Å². The molecular weight excluding hydrogens is 627 g/mol. The maximum atomic E-state index is 13.2. The molecule has 1 aliphatic rings. The van der Waals surface area contributed by atoms with Gasteiger partial charge in [0.2, 0.25) is 0 Å². The van der Waals surface area contributed by atoms with E-state index < -0.39 is 0 Å². The normalized spacial score (nSPS) is 14.1. The molecule has 0 spiro atoms. The second kappa shape index (κ2) is 12.1. The van der Waals surface area contributed by atoms with Gasteiger partial charge in [0.15, 0.2) is 6.61 Å². The van der Waals surface area contributed by atoms with Gasteiger partial charge in [0, 0.05) is 24.0 Å². The summed E-state index contributed by atoms with van der Waals surface area (Å²) in [7, 11) is 0. The number of nitrogens with zero attached hydrogens (tertiary/aromatic N) is 4. The number of carbonyl (C=O) groups excluding carboxylic acids is 1. The lowest BCUT2D eigenvalue weighted by Crippen LogP contribution is -2.43. The lowest BCUT2D eigenvalue weighted by molar-refractivity contribution is -0.137. The highest BCUT2D eigenvalue weighted by Crippen LogP contribution is 2.22. The van der Waals surface area contributed by atoms with Crippen LogP contribution in [0.3, 0.4) is 0 Å². The van der Waals surface area contributed by atoms with Crippen molar-refractivity contribution in [1.29, 1.82) is 0 Å². The molecule has 0 bridgehead atoms. The van der Waals surface area contributed by atoms with Crippen LogP contribution in [0.25, 0.3) is 10.9 Å². The summed E-state index contributed by atoms with van der Waals surface area (Å²) < 4.78 is 14.1. The highest BCUT2D eigenvalue weighted by Gasteiger charge is 2.17. The van der Waals surface area contributed by atoms with Crippen LogP contribution in [0.1, 0.15) is 31.2 Å². The lowest BCUT2D eigenvalue weighted by Gasteiger charge is -2.26. The fraction of sp³-hybridized carbons (Fsp3) is 0.360. The number of fused-ring (bicyclic) bond motifs is 1. The topological polar surface area (TPSA) is 86.0 Å². The number of benzene rings is 2. The first-order valence-electron chi connectivity index (χ1n) is 11.5. The van der Waals surface area contributed by atoms with Gasteiger partial charge in [0.1, 0.15) is 11.6 Å². The number of ether oxygens (including phenoxy) is 2. The standard InChI is InChI=1S/C25H26BrIN4O4/c1-2-3-4-23-29-21-7-6-18(26)14-19(21)25(33)31(23)28-15-17-5-8-22(20(27)13-17)35-16-24(32)30-9-11-34-12-10-30/h5-8,13-15H,2-4,9-12,16H2,1H3. The zero-order valence-corrected chi connectivity index (χ0v) is 23.1. The second-order valence-corrected chi connectivity index (χ2v) is 10.2. The quantitative estimate of drug-likeness (QED) is 0.269. The van der Waals surface area contributed by atoms with E-state index >= 15 is 0 Å². The molecule has 0 unspecified atom stereocenters. The molecule has 35 heavy (non-hydrogen) atoms. The van der Waals surface area contributed by atoms with Crippen LogP contribution < -0.4 is 10.3 Å². The van der Waals surface area contributed by atoms with Crippen molar-refractivity contribution >= 4 is 61.5 Å². The van der Waals surface area contributed by atoms with E-state index in [1.807, 2.05) is 30.3 Å². The Morgan fingerprint density at radius 3 is 2.80 bits per heavy atom. The smallest absolute Gasteiger partial charge is 0.282 e. The largest absolute Gasteiger partial charge is 0.483 e. The highest BCUT2D eigenvalue weighted by molar-refractivity contribution is 14.1. The average Bonchev–Trinajstić information content (AvgIpc) is 2.87. The molecular formula is C25H26BrIN4O4. The first kappa shape index (κ1) is 25.8. The maximum absolute atomic E-state index is 13.2. The van der Waals surface area contributed by atoms with Crippen molar-refractivity contribution in [2.45, 2.75) is 26.2 Å². The summed E-state index contributed by atoms with van der Waals surface area (Å²) in [5.74, 6) is 1.21. The minimum Gasteiger partial charge on any atom is -0.483 e. The monoisotopic (exact) mass is 652 g/mol. The van der Waals surface area contributed by atoms with Crippen LogP contribution in [0.2, 0.25) is 0 Å². The number of morpholine rings is 1. The van der Waals surface area contributed by atoms with Gasteiger partial charge < -0.3 is 14.4 Å². The van der Waals surface area contributed by atoms with Crippen molar-refractivity contribution in [2.75, 3.05) is 32.9 Å². The van der Waals surface area contributed by atoms with Crippen molar-refractivity contribution in [3.05, 3.63) is 66.2 Å². The molecule has 1 aliphatic heterocycles. The van der Waals surface area contributed by atoms with Crippen molar-refractivity contribution in [1.82, 2.24) is 14.6 Å². The Kier molecular flexibility index (Phi) is 8.90. The number of aryl methyl sites for hydroxylation is 1. The molecule has 8 nitrogen and oxygen atoms in total. The van der Waals surface area contributed by atoms with Gasteiger partial charge in [-0.2, -0.15) is 9.78 Å². The Morgan fingerprint density at radius 1 is 1.26 bits per heavy atom. The number of carbonyl (C=O) groups is 1. The molecule has 0 N–H and O–H groups in total. The van der Waals surface area contributed by atoms with Crippen LogP contribution in [-0.2, 0) is 16.0 Å². The van der Waals surface area contributed by atoms with E-state index in [2.05, 4.69) is 50.5 Å². The maximum Gasteiger partial charge on any atom is 0.282 e. The molecule has 2 aromatic carbocycles. The molecule has 1 fully saturated rings. The molecule has 0 aliphatic carbocycles. The summed E-state index contributed by atoms with van der Waals surface area (Å²) in [4.78, 5) is 32.0. The van der Waals surface area contributed by atoms with Crippen LogP contribution >= 0.6 is 38.5 Å². The highest BCUT2D eigenvalue weighted by atomic mass is 127. The van der Waals surface area contributed by atoms with Crippen LogP contribution in [0.4, 0.5) is 0 Å². The number of hydrogen-bond acceptors (Lipinski definition) is 6.